The number of methoxy groups -OCH3 is 1. The normalized spacial score (nSPS) is 10.5. The van der Waals surface area contributed by atoms with E-state index in [9.17, 15) is 9.59 Å². The van der Waals surface area contributed by atoms with Crippen molar-refractivity contribution in [1.82, 2.24) is 15.0 Å². The Hall–Kier alpha value is -2.94. The molecule has 27 heavy (non-hydrogen) atoms. The highest BCUT2D eigenvalue weighted by Crippen LogP contribution is 2.37. The Morgan fingerprint density at radius 2 is 1.78 bits per heavy atom. The maximum Gasteiger partial charge on any atom is 0.232 e. The van der Waals surface area contributed by atoms with E-state index < -0.39 is 0 Å². The number of hydrogen-bond acceptors (Lipinski definition) is 7. The molecule has 0 bridgehead atoms. The molecule has 2 heterocycles. The van der Waals surface area contributed by atoms with Gasteiger partial charge in [0.2, 0.25) is 23.6 Å². The van der Waals surface area contributed by atoms with E-state index in [2.05, 4.69) is 25.6 Å². The minimum Gasteiger partial charge on any atom is -0.480 e. The van der Waals surface area contributed by atoms with Crippen LogP contribution in [0.1, 0.15) is 39.3 Å². The SMILES string of the molecule is COc1nc(C(C)C)c(Oc2cnc(NC(C)=O)nc2NC(C)=O)cc1Cl. The summed E-state index contributed by atoms with van der Waals surface area (Å²) in [5, 5.41) is 5.27. The number of ether oxygens (including phenoxy) is 2. The molecule has 144 valence electrons. The Morgan fingerprint density at radius 3 is 2.33 bits per heavy atom. The predicted octanol–water partition coefficient (Wildman–Crippen LogP) is 3.37. The van der Waals surface area contributed by atoms with Gasteiger partial charge < -0.3 is 14.8 Å². The number of carbonyl (C=O) groups excluding carboxylic acids is 2. The van der Waals surface area contributed by atoms with Crippen molar-refractivity contribution in [2.45, 2.75) is 33.6 Å². The highest BCUT2D eigenvalue weighted by Gasteiger charge is 2.19. The second kappa shape index (κ2) is 8.63. The molecule has 0 aliphatic carbocycles. The summed E-state index contributed by atoms with van der Waals surface area (Å²) in [6.07, 6.45) is 1.34. The molecule has 0 aliphatic rings. The Labute approximate surface area is 161 Å². The first-order valence-electron chi connectivity index (χ1n) is 8.05. The molecule has 0 saturated heterocycles. The molecule has 9 nitrogen and oxygen atoms in total. The Bertz CT molecular complexity index is 873. The van der Waals surface area contributed by atoms with Crippen LogP contribution in [-0.2, 0) is 9.59 Å². The third-order valence-electron chi connectivity index (χ3n) is 3.23. The number of carbonyl (C=O) groups is 2. The van der Waals surface area contributed by atoms with Crippen molar-refractivity contribution in [2.75, 3.05) is 17.7 Å². The van der Waals surface area contributed by atoms with Crippen molar-refractivity contribution in [2.24, 2.45) is 0 Å². The predicted molar refractivity (Wildman–Crippen MR) is 101 cm³/mol. The standard InChI is InChI=1S/C17H20ClN5O4/c1-8(2)14-12(6-11(18)16(22-14)26-5)27-13-7-19-17(21-10(4)25)23-15(13)20-9(3)24/h6-8H,1-5H3,(H2,19,20,21,23,24,25). The van der Waals surface area contributed by atoms with Gasteiger partial charge in [-0.05, 0) is 5.92 Å². The van der Waals surface area contributed by atoms with Crippen LogP contribution >= 0.6 is 11.6 Å². The molecular formula is C17H20ClN5O4. The van der Waals surface area contributed by atoms with Crippen LogP contribution in [-0.4, -0.2) is 33.9 Å². The molecule has 10 heteroatoms. The highest BCUT2D eigenvalue weighted by atomic mass is 35.5. The first-order chi connectivity index (χ1) is 12.7. The zero-order valence-corrected chi connectivity index (χ0v) is 16.3. The van der Waals surface area contributed by atoms with Gasteiger partial charge in [0.1, 0.15) is 5.02 Å². The number of aromatic nitrogens is 3. The van der Waals surface area contributed by atoms with Crippen molar-refractivity contribution in [3.63, 3.8) is 0 Å². The molecule has 2 aromatic heterocycles. The van der Waals surface area contributed by atoms with E-state index in [0.29, 0.717) is 11.4 Å². The lowest BCUT2D eigenvalue weighted by Gasteiger charge is -2.16. The third kappa shape index (κ3) is 5.27. The van der Waals surface area contributed by atoms with Crippen LogP contribution in [0.5, 0.6) is 17.4 Å². The van der Waals surface area contributed by atoms with Crippen molar-refractivity contribution >= 4 is 35.2 Å². The Balaban J connectivity index is 2.48. The number of anilines is 2. The average molecular weight is 394 g/mol. The summed E-state index contributed by atoms with van der Waals surface area (Å²) < 4.78 is 11.0. The number of hydrogen-bond donors (Lipinski definition) is 2. The van der Waals surface area contributed by atoms with Crippen LogP contribution in [0.15, 0.2) is 12.3 Å². The molecule has 0 atom stereocenters. The third-order valence-corrected chi connectivity index (χ3v) is 3.50. The fourth-order valence-corrected chi connectivity index (χ4v) is 2.36. The van der Waals surface area contributed by atoms with Gasteiger partial charge in [0, 0.05) is 19.9 Å². The molecule has 0 aromatic carbocycles. The second-order valence-electron chi connectivity index (χ2n) is 5.89. The lowest BCUT2D eigenvalue weighted by molar-refractivity contribution is -0.115. The molecule has 0 spiro atoms. The van der Waals surface area contributed by atoms with Crippen LogP contribution < -0.4 is 20.1 Å². The molecule has 0 aliphatic heterocycles. The number of pyridine rings is 1. The largest absolute Gasteiger partial charge is 0.480 e. The summed E-state index contributed by atoms with van der Waals surface area (Å²) in [7, 11) is 1.47. The number of nitrogens with one attached hydrogen (secondary N) is 2. The molecule has 0 saturated carbocycles. The van der Waals surface area contributed by atoms with Crippen LogP contribution in [0.2, 0.25) is 5.02 Å². The first-order valence-corrected chi connectivity index (χ1v) is 8.43. The van der Waals surface area contributed by atoms with Crippen molar-refractivity contribution in [3.05, 3.63) is 23.0 Å². The molecular weight excluding hydrogens is 374 g/mol. The van der Waals surface area contributed by atoms with E-state index in [4.69, 9.17) is 21.1 Å². The number of amides is 2. The van der Waals surface area contributed by atoms with E-state index in [0.717, 1.165) is 0 Å². The number of nitrogens with zero attached hydrogens (tertiary/aromatic N) is 3. The van der Waals surface area contributed by atoms with Crippen LogP contribution in [0.25, 0.3) is 0 Å². The fourth-order valence-electron chi connectivity index (χ4n) is 2.15. The monoisotopic (exact) mass is 393 g/mol. The Kier molecular flexibility index (Phi) is 6.51. The smallest absolute Gasteiger partial charge is 0.232 e. The van der Waals surface area contributed by atoms with Gasteiger partial charge >= 0.3 is 0 Å². The van der Waals surface area contributed by atoms with E-state index in [1.807, 2.05) is 13.8 Å². The zero-order chi connectivity index (χ0) is 20.1. The van der Waals surface area contributed by atoms with E-state index >= 15 is 0 Å². The number of rotatable bonds is 6. The topological polar surface area (TPSA) is 115 Å². The minimum atomic E-state index is -0.359. The van der Waals surface area contributed by atoms with Crippen molar-refractivity contribution < 1.29 is 19.1 Å². The summed E-state index contributed by atoms with van der Waals surface area (Å²) in [6, 6.07) is 1.57. The molecule has 2 N–H and O–H groups in total. The zero-order valence-electron chi connectivity index (χ0n) is 15.6. The van der Waals surface area contributed by atoms with Gasteiger partial charge in [0.25, 0.3) is 0 Å². The van der Waals surface area contributed by atoms with Gasteiger partial charge in [-0.1, -0.05) is 25.4 Å². The van der Waals surface area contributed by atoms with Crippen LogP contribution in [0.3, 0.4) is 0 Å². The van der Waals surface area contributed by atoms with Gasteiger partial charge in [-0.15, -0.1) is 0 Å². The summed E-state index contributed by atoms with van der Waals surface area (Å²) in [4.78, 5) is 35.2. The lowest BCUT2D eigenvalue weighted by Crippen LogP contribution is -2.14. The molecule has 0 fully saturated rings. The highest BCUT2D eigenvalue weighted by molar-refractivity contribution is 6.32. The second-order valence-corrected chi connectivity index (χ2v) is 6.30. The van der Waals surface area contributed by atoms with E-state index in [-0.39, 0.29) is 46.2 Å². The summed E-state index contributed by atoms with van der Waals surface area (Å²) in [5.41, 5.74) is 0.607. The van der Waals surface area contributed by atoms with E-state index in [1.165, 1.54) is 27.2 Å². The fraction of sp³-hybridized carbons (Fsp3) is 0.353. The maximum atomic E-state index is 11.5. The number of halogens is 1. The van der Waals surface area contributed by atoms with Gasteiger partial charge in [-0.25, -0.2) is 9.97 Å². The molecule has 2 amide bonds. The average Bonchev–Trinajstić information content (AvgIpc) is 2.56. The Morgan fingerprint density at radius 1 is 1.11 bits per heavy atom. The quantitative estimate of drug-likeness (QED) is 0.772. The first kappa shape index (κ1) is 20.4. The minimum absolute atomic E-state index is 0.00922. The summed E-state index contributed by atoms with van der Waals surface area (Å²) >= 11 is 6.16. The lowest BCUT2D eigenvalue weighted by atomic mass is 10.1. The van der Waals surface area contributed by atoms with Gasteiger partial charge in [0.15, 0.2) is 17.3 Å². The summed E-state index contributed by atoms with van der Waals surface area (Å²) in [6.45, 7) is 6.53. The maximum absolute atomic E-state index is 11.5. The van der Waals surface area contributed by atoms with Gasteiger partial charge in [-0.2, -0.15) is 4.98 Å². The van der Waals surface area contributed by atoms with Crippen LogP contribution in [0.4, 0.5) is 11.8 Å². The van der Waals surface area contributed by atoms with Gasteiger partial charge in [0.05, 0.1) is 19.0 Å². The summed E-state index contributed by atoms with van der Waals surface area (Å²) in [5.74, 6) is 0.272. The molecule has 0 radical (unpaired) electrons. The van der Waals surface area contributed by atoms with Crippen molar-refractivity contribution in [1.29, 1.82) is 0 Å². The van der Waals surface area contributed by atoms with Crippen LogP contribution in [0, 0.1) is 0 Å². The molecule has 2 aromatic rings. The van der Waals surface area contributed by atoms with Crippen molar-refractivity contribution in [3.8, 4) is 17.4 Å². The van der Waals surface area contributed by atoms with Gasteiger partial charge in [-0.3, -0.25) is 14.9 Å². The molecule has 2 rings (SSSR count). The molecule has 0 unspecified atom stereocenters. The van der Waals surface area contributed by atoms with E-state index in [1.54, 1.807) is 6.07 Å².